The van der Waals surface area contributed by atoms with Crippen LogP contribution in [-0.4, -0.2) is 73.5 Å². The van der Waals surface area contributed by atoms with E-state index in [-0.39, 0.29) is 44.2 Å². The molecule has 2 aromatic rings. The number of carbonyl (C=O) groups excluding carboxylic acids is 1. The van der Waals surface area contributed by atoms with E-state index in [1.54, 1.807) is 36.4 Å². The second kappa shape index (κ2) is 17.0. The molecule has 2 aromatic carbocycles. The van der Waals surface area contributed by atoms with E-state index in [1.807, 2.05) is 6.07 Å². The summed E-state index contributed by atoms with van der Waals surface area (Å²) < 4.78 is 15.3. The molecule has 0 atom stereocenters. The largest absolute Gasteiger partial charge is 1.00 e. The molecule has 0 saturated carbocycles. The molecule has 194 valence electrons. The van der Waals surface area contributed by atoms with Crippen molar-refractivity contribution in [2.24, 2.45) is 9.98 Å². The fourth-order valence-electron chi connectivity index (χ4n) is 2.89. The molecule has 0 radical (unpaired) electrons. The zero-order valence-electron chi connectivity index (χ0n) is 20.2. The van der Waals surface area contributed by atoms with Crippen molar-refractivity contribution in [2.75, 3.05) is 44.0 Å². The molecule has 6 N–H and O–H groups in total. The third-order valence-electron chi connectivity index (χ3n) is 4.49. The normalized spacial score (nSPS) is 13.5. The summed E-state index contributed by atoms with van der Waals surface area (Å²) in [6.45, 7) is 2.81. The number of hydrogen-bond donors (Lipinski definition) is 3. The van der Waals surface area contributed by atoms with Gasteiger partial charge in [0.15, 0.2) is 0 Å². The molecule has 13 heteroatoms. The number of hydrogen-bond acceptors (Lipinski definition) is 10. The number of ether oxygens (including phenoxy) is 3. The number of nitrogens with one attached hydrogen (secondary N) is 2. The Balaban J connectivity index is -0.000000570. The Morgan fingerprint density at radius 1 is 0.917 bits per heavy atom. The predicted octanol–water partition coefficient (Wildman–Crippen LogP) is -0.271. The van der Waals surface area contributed by atoms with Crippen LogP contribution in [0.4, 0.5) is 11.4 Å². The number of methoxy groups -OCH3 is 1. The van der Waals surface area contributed by atoms with Crippen molar-refractivity contribution in [1.29, 1.82) is 0 Å². The summed E-state index contributed by atoms with van der Waals surface area (Å²) in [7, 11) is 1.36. The first kappa shape index (κ1) is 32.4. The van der Waals surface area contributed by atoms with Gasteiger partial charge in [-0.25, -0.2) is 19.6 Å². The van der Waals surface area contributed by atoms with Gasteiger partial charge in [-0.05, 0) is 36.4 Å². The molecule has 2 heterocycles. The molecule has 0 spiro atoms. The van der Waals surface area contributed by atoms with E-state index in [1.165, 1.54) is 13.2 Å². The average Bonchev–Trinajstić information content (AvgIpc) is 2.85. The molecule has 0 amide bonds. The third kappa shape index (κ3) is 10.4. The monoisotopic (exact) mass is 500 g/mol. The summed E-state index contributed by atoms with van der Waals surface area (Å²) in [6, 6.07) is 14.5. The summed E-state index contributed by atoms with van der Waals surface area (Å²) in [6.07, 6.45) is 1.85. The van der Waals surface area contributed by atoms with Gasteiger partial charge in [-0.3, -0.25) is 0 Å². The number of aromatic carboxylic acids is 1. The molecule has 12 nitrogen and oxygen atoms in total. The van der Waals surface area contributed by atoms with Crippen LogP contribution in [-0.2, 0) is 14.2 Å². The topological polar surface area (TPSA) is 192 Å². The minimum Gasteiger partial charge on any atom is -0.870 e. The van der Waals surface area contributed by atoms with Crippen molar-refractivity contribution in [3.05, 3.63) is 59.7 Å². The van der Waals surface area contributed by atoms with E-state index in [0.29, 0.717) is 36.5 Å². The fourth-order valence-corrected chi connectivity index (χ4v) is 2.89. The number of carbonyl (C=O) groups is 2. The van der Waals surface area contributed by atoms with E-state index in [9.17, 15) is 9.59 Å². The number of anilines is 2. The Labute approximate surface area is 223 Å². The van der Waals surface area contributed by atoms with Gasteiger partial charge in [-0.1, -0.05) is 12.1 Å². The molecule has 0 unspecified atom stereocenters. The van der Waals surface area contributed by atoms with Crippen LogP contribution in [0.15, 0.2) is 58.5 Å². The van der Waals surface area contributed by atoms with Crippen LogP contribution < -0.4 is 29.5 Å². The van der Waals surface area contributed by atoms with Crippen molar-refractivity contribution in [3.8, 4) is 0 Å². The van der Waals surface area contributed by atoms with Crippen molar-refractivity contribution in [2.45, 2.75) is 12.8 Å². The van der Waals surface area contributed by atoms with Crippen LogP contribution in [0.5, 0.6) is 0 Å². The molecular weight excluding hydrogens is 467 g/mol. The number of carboxylic acid groups (broad SMARTS) is 1. The molecule has 2 aliphatic rings. The summed E-state index contributed by atoms with van der Waals surface area (Å²) in [5.41, 5.74) is 2.16. The molecule has 2 aliphatic heterocycles. The van der Waals surface area contributed by atoms with E-state index in [2.05, 4.69) is 25.4 Å². The number of rotatable bonds is 4. The van der Waals surface area contributed by atoms with Crippen molar-refractivity contribution >= 4 is 35.4 Å². The molecule has 36 heavy (non-hydrogen) atoms. The van der Waals surface area contributed by atoms with Gasteiger partial charge in [-0.15, -0.1) is 0 Å². The number of nitrogens with zero attached hydrogens (tertiary/aromatic N) is 2. The zero-order chi connectivity index (χ0) is 23.5. The fraction of sp³-hybridized carbons (Fsp3) is 0.304. The number of amidine groups is 2. The van der Waals surface area contributed by atoms with Crippen molar-refractivity contribution in [3.63, 3.8) is 0 Å². The molecule has 0 aromatic heterocycles. The van der Waals surface area contributed by atoms with Crippen LogP contribution in [0.25, 0.3) is 0 Å². The van der Waals surface area contributed by atoms with E-state index >= 15 is 0 Å². The summed E-state index contributed by atoms with van der Waals surface area (Å²) in [5.74, 6) is -1.31. The maximum Gasteiger partial charge on any atom is 1.00 e. The van der Waals surface area contributed by atoms with Gasteiger partial charge in [0.1, 0.15) is 0 Å². The van der Waals surface area contributed by atoms with Gasteiger partial charge in [0.25, 0.3) is 12.0 Å². The van der Waals surface area contributed by atoms with Gasteiger partial charge in [-0.2, -0.15) is 0 Å². The van der Waals surface area contributed by atoms with E-state index in [0.717, 1.165) is 31.6 Å². The Kier molecular flexibility index (Phi) is 15.3. The molecule has 0 bridgehead atoms. The quantitative estimate of drug-likeness (QED) is 0.374. The smallest absolute Gasteiger partial charge is 0.870 e. The Bertz CT molecular complexity index is 1060. The minimum absolute atomic E-state index is 0. The first-order valence-electron chi connectivity index (χ1n) is 10.5. The second-order valence-corrected chi connectivity index (χ2v) is 6.99. The Morgan fingerprint density at radius 2 is 1.39 bits per heavy atom. The maximum atomic E-state index is 11.3. The molecule has 0 aliphatic carbocycles. The predicted molar refractivity (Wildman–Crippen MR) is 134 cm³/mol. The first-order valence-corrected chi connectivity index (χ1v) is 10.5. The van der Waals surface area contributed by atoms with E-state index < -0.39 is 5.97 Å². The Morgan fingerprint density at radius 3 is 1.81 bits per heavy atom. The van der Waals surface area contributed by atoms with Crippen molar-refractivity contribution in [1.82, 2.24) is 0 Å². The zero-order valence-corrected chi connectivity index (χ0v) is 20.2. The maximum absolute atomic E-state index is 11.3. The third-order valence-corrected chi connectivity index (χ3v) is 4.49. The molecular formula is C23H33LiN4O8. The standard InChI is InChI=1S/C12H14N2O3.C11H12N2O3.Li.2H2O.2H2/c1-16-11(15)9-4-2-5-10(8-9)14-12-13-6-3-7-17-12;14-10(15)8-3-1-4-9(7-8)13-11-12-5-2-6-16-11;;;;;/h2,4-5,8H,3,6-7H2,1H3,(H,13,14);1,3-4,7H,2,5-6H2,(H,12,13)(H,14,15);;2*1H2;2*1H/q;;+1;;;;/p-1. The Hall–Kier alpha value is -3.56. The van der Waals surface area contributed by atoms with Crippen LogP contribution in [0.3, 0.4) is 0 Å². The molecule has 4 rings (SSSR count). The van der Waals surface area contributed by atoms with Gasteiger partial charge in [0.05, 0.1) is 31.5 Å². The number of carboxylic acids is 1. The van der Waals surface area contributed by atoms with Crippen LogP contribution >= 0.6 is 0 Å². The average molecular weight is 500 g/mol. The second-order valence-electron chi connectivity index (χ2n) is 6.99. The van der Waals surface area contributed by atoms with Gasteiger partial charge in [0, 0.05) is 40.2 Å². The first-order chi connectivity index (χ1) is 16.0. The molecule has 0 saturated heterocycles. The summed E-state index contributed by atoms with van der Waals surface area (Å²) >= 11 is 0. The summed E-state index contributed by atoms with van der Waals surface area (Å²) in [4.78, 5) is 30.4. The van der Waals surface area contributed by atoms with Gasteiger partial charge >= 0.3 is 30.8 Å². The van der Waals surface area contributed by atoms with Crippen LogP contribution in [0, 0.1) is 0 Å². The van der Waals surface area contributed by atoms with Crippen LogP contribution in [0.1, 0.15) is 36.4 Å². The summed E-state index contributed by atoms with van der Waals surface area (Å²) in [5, 5.41) is 14.8. The van der Waals surface area contributed by atoms with Crippen LogP contribution in [0.2, 0.25) is 0 Å². The number of benzene rings is 2. The molecule has 0 fully saturated rings. The number of esters is 1. The SMILES string of the molecule is COC(=O)c1cccc(NC2=NCCCO2)c1.O.O=C(O)c1cccc(NC2=NCCCO2)c1.[HH].[HH].[Li+].[OH-]. The van der Waals surface area contributed by atoms with Gasteiger partial charge in [0.2, 0.25) is 0 Å². The van der Waals surface area contributed by atoms with Gasteiger partial charge < -0.3 is 40.9 Å². The minimum atomic E-state index is -0.949. The number of aliphatic imine (C=N–C) groups is 2. The van der Waals surface area contributed by atoms with Crippen molar-refractivity contribution < 1.29 is 61.6 Å². The van der Waals surface area contributed by atoms with E-state index in [4.69, 9.17) is 14.6 Å².